The molecule has 2 heterocycles. The summed E-state index contributed by atoms with van der Waals surface area (Å²) in [7, 11) is 0. The summed E-state index contributed by atoms with van der Waals surface area (Å²) in [5, 5.41) is 29.2. The van der Waals surface area contributed by atoms with Gasteiger partial charge in [0.25, 0.3) is 0 Å². The predicted octanol–water partition coefficient (Wildman–Crippen LogP) is -0.00840. The fourth-order valence-electron chi connectivity index (χ4n) is 2.90. The number of rotatable bonds is 3. The lowest BCUT2D eigenvalue weighted by Crippen LogP contribution is -2.49. The molecule has 2 rings (SSSR count). The molecule has 19 heavy (non-hydrogen) atoms. The van der Waals surface area contributed by atoms with Gasteiger partial charge in [0.05, 0.1) is 18.3 Å². The van der Waals surface area contributed by atoms with Crippen LogP contribution in [0.1, 0.15) is 33.6 Å². The summed E-state index contributed by atoms with van der Waals surface area (Å²) in [6, 6.07) is 0. The second kappa shape index (κ2) is 6.03. The second-order valence-corrected chi connectivity index (χ2v) is 5.47. The average Bonchev–Trinajstić information content (AvgIpc) is 2.60. The number of hydrogen-bond acceptors (Lipinski definition) is 6. The van der Waals surface area contributed by atoms with E-state index < -0.39 is 37.0 Å². The first-order valence-corrected chi connectivity index (χ1v) is 6.94. The average molecular weight is 276 g/mol. The third-order valence-electron chi connectivity index (χ3n) is 4.12. The lowest BCUT2D eigenvalue weighted by Gasteiger charge is -2.37. The van der Waals surface area contributed by atoms with E-state index in [1.165, 1.54) is 0 Å². The molecule has 0 radical (unpaired) electrons. The lowest BCUT2D eigenvalue weighted by atomic mass is 9.96. The Hall–Kier alpha value is -0.240. The number of aliphatic hydroxyl groups is 3. The summed E-state index contributed by atoms with van der Waals surface area (Å²) < 4.78 is 16.6. The molecule has 0 saturated carbocycles. The summed E-state index contributed by atoms with van der Waals surface area (Å²) in [4.78, 5) is 0. The Morgan fingerprint density at radius 3 is 2.37 bits per heavy atom. The van der Waals surface area contributed by atoms with Gasteiger partial charge in [0.2, 0.25) is 0 Å². The minimum absolute atomic E-state index is 0.0680. The SMILES string of the molecule is CC[C@@H]1[C@@H](O[C@H]2C[C@H](O)[C@H](O)[C@H](C)O2)[C@H](O)O[C@H]1C. The van der Waals surface area contributed by atoms with Gasteiger partial charge in [-0.05, 0) is 20.3 Å². The van der Waals surface area contributed by atoms with Gasteiger partial charge in [-0.15, -0.1) is 0 Å². The van der Waals surface area contributed by atoms with Crippen molar-refractivity contribution >= 4 is 0 Å². The zero-order chi connectivity index (χ0) is 14.2. The van der Waals surface area contributed by atoms with Crippen LogP contribution in [0.15, 0.2) is 0 Å². The van der Waals surface area contributed by atoms with E-state index in [4.69, 9.17) is 14.2 Å². The van der Waals surface area contributed by atoms with Crippen LogP contribution >= 0.6 is 0 Å². The maximum atomic E-state index is 9.86. The summed E-state index contributed by atoms with van der Waals surface area (Å²) in [5.41, 5.74) is 0. The van der Waals surface area contributed by atoms with Crippen molar-refractivity contribution in [1.29, 1.82) is 0 Å². The van der Waals surface area contributed by atoms with Crippen LogP contribution < -0.4 is 0 Å². The van der Waals surface area contributed by atoms with Crippen molar-refractivity contribution in [3.8, 4) is 0 Å². The molecule has 2 saturated heterocycles. The van der Waals surface area contributed by atoms with Crippen LogP contribution in [0.5, 0.6) is 0 Å². The molecule has 0 aliphatic carbocycles. The van der Waals surface area contributed by atoms with E-state index in [1.54, 1.807) is 6.92 Å². The summed E-state index contributed by atoms with van der Waals surface area (Å²) in [6.45, 7) is 5.61. The zero-order valence-electron chi connectivity index (χ0n) is 11.6. The first kappa shape index (κ1) is 15.2. The molecule has 0 unspecified atom stereocenters. The number of aliphatic hydroxyl groups excluding tert-OH is 3. The number of ether oxygens (including phenoxy) is 3. The minimum atomic E-state index is -0.970. The van der Waals surface area contributed by atoms with Crippen molar-refractivity contribution < 1.29 is 29.5 Å². The molecule has 0 spiro atoms. The molecular formula is C13H24O6. The highest BCUT2D eigenvalue weighted by Crippen LogP contribution is 2.33. The minimum Gasteiger partial charge on any atom is -0.390 e. The van der Waals surface area contributed by atoms with Gasteiger partial charge in [-0.2, -0.15) is 0 Å². The maximum absolute atomic E-state index is 9.86. The van der Waals surface area contributed by atoms with E-state index in [9.17, 15) is 15.3 Å². The van der Waals surface area contributed by atoms with Gasteiger partial charge in [-0.1, -0.05) is 6.92 Å². The van der Waals surface area contributed by atoms with Gasteiger partial charge in [-0.25, -0.2) is 0 Å². The van der Waals surface area contributed by atoms with E-state index in [1.807, 2.05) is 13.8 Å². The molecular weight excluding hydrogens is 252 g/mol. The van der Waals surface area contributed by atoms with Crippen LogP contribution in [0.3, 0.4) is 0 Å². The molecule has 6 nitrogen and oxygen atoms in total. The van der Waals surface area contributed by atoms with Crippen molar-refractivity contribution in [3.63, 3.8) is 0 Å². The van der Waals surface area contributed by atoms with E-state index in [2.05, 4.69) is 0 Å². The molecule has 0 bridgehead atoms. The van der Waals surface area contributed by atoms with Crippen molar-refractivity contribution in [2.75, 3.05) is 0 Å². The summed E-state index contributed by atoms with van der Waals surface area (Å²) in [6.07, 6.45) is -3.36. The zero-order valence-corrected chi connectivity index (χ0v) is 11.6. The van der Waals surface area contributed by atoms with Crippen LogP contribution in [-0.4, -0.2) is 58.4 Å². The lowest BCUT2D eigenvalue weighted by molar-refractivity contribution is -0.278. The second-order valence-electron chi connectivity index (χ2n) is 5.47. The molecule has 2 aliphatic rings. The van der Waals surface area contributed by atoms with Crippen molar-refractivity contribution in [2.45, 2.75) is 76.7 Å². The standard InChI is InChI=1S/C13H24O6/c1-4-8-6(2)18-13(16)12(8)19-10-5-9(14)11(15)7(3)17-10/h6-16H,4-5H2,1-3H3/t6-,7-,8-,9-,10-,11+,12+,13+/m0/s1. The van der Waals surface area contributed by atoms with E-state index >= 15 is 0 Å². The molecule has 0 amide bonds. The maximum Gasteiger partial charge on any atom is 0.181 e. The van der Waals surface area contributed by atoms with E-state index in [0.717, 1.165) is 6.42 Å². The Morgan fingerprint density at radius 2 is 1.79 bits per heavy atom. The summed E-state index contributed by atoms with van der Waals surface area (Å²) >= 11 is 0. The first-order chi connectivity index (χ1) is 8.93. The Kier molecular flexibility index (Phi) is 4.81. The fourth-order valence-corrected chi connectivity index (χ4v) is 2.90. The Balaban J connectivity index is 1.97. The van der Waals surface area contributed by atoms with Gasteiger partial charge in [0.1, 0.15) is 12.2 Å². The van der Waals surface area contributed by atoms with Gasteiger partial charge in [-0.3, -0.25) is 0 Å². The molecule has 0 aromatic carbocycles. The predicted molar refractivity (Wildman–Crippen MR) is 66.2 cm³/mol. The molecule has 0 aromatic heterocycles. The van der Waals surface area contributed by atoms with Gasteiger partial charge < -0.3 is 29.5 Å². The topological polar surface area (TPSA) is 88.4 Å². The van der Waals surface area contributed by atoms with Gasteiger partial charge >= 0.3 is 0 Å². The van der Waals surface area contributed by atoms with Crippen LogP contribution in [0.25, 0.3) is 0 Å². The monoisotopic (exact) mass is 276 g/mol. The highest BCUT2D eigenvalue weighted by Gasteiger charge is 2.44. The molecule has 6 heteroatoms. The van der Waals surface area contributed by atoms with Crippen LogP contribution in [0, 0.1) is 5.92 Å². The van der Waals surface area contributed by atoms with Crippen LogP contribution in [-0.2, 0) is 14.2 Å². The van der Waals surface area contributed by atoms with Crippen LogP contribution in [0.4, 0.5) is 0 Å². The van der Waals surface area contributed by atoms with E-state index in [0.29, 0.717) is 0 Å². The summed E-state index contributed by atoms with van der Waals surface area (Å²) in [5.74, 6) is 0.0953. The van der Waals surface area contributed by atoms with Crippen molar-refractivity contribution in [3.05, 3.63) is 0 Å². The molecule has 8 atom stereocenters. The fraction of sp³-hybridized carbons (Fsp3) is 1.00. The van der Waals surface area contributed by atoms with Gasteiger partial charge in [0, 0.05) is 12.3 Å². The normalized spacial score (nSPS) is 51.5. The Labute approximate surface area is 113 Å². The largest absolute Gasteiger partial charge is 0.390 e. The molecule has 2 fully saturated rings. The van der Waals surface area contributed by atoms with Crippen LogP contribution in [0.2, 0.25) is 0 Å². The molecule has 2 aliphatic heterocycles. The Morgan fingerprint density at radius 1 is 1.11 bits per heavy atom. The first-order valence-electron chi connectivity index (χ1n) is 6.94. The quantitative estimate of drug-likeness (QED) is 0.672. The smallest absolute Gasteiger partial charge is 0.181 e. The van der Waals surface area contributed by atoms with Gasteiger partial charge in [0.15, 0.2) is 12.6 Å². The van der Waals surface area contributed by atoms with Crippen molar-refractivity contribution in [1.82, 2.24) is 0 Å². The molecule has 112 valence electrons. The molecule has 3 N–H and O–H groups in total. The third kappa shape index (κ3) is 3.09. The highest BCUT2D eigenvalue weighted by atomic mass is 16.7. The molecule has 0 aromatic rings. The highest BCUT2D eigenvalue weighted by molar-refractivity contribution is 4.86. The Bertz CT molecular complexity index is 287. The van der Waals surface area contributed by atoms with Crippen molar-refractivity contribution in [2.24, 2.45) is 5.92 Å². The third-order valence-corrected chi connectivity index (χ3v) is 4.12. The van der Waals surface area contributed by atoms with E-state index in [-0.39, 0.29) is 18.4 Å². The number of hydrogen-bond donors (Lipinski definition) is 3.